The average molecular weight is 407 g/mol. The number of benzene rings is 2. The molecule has 4 rings (SSSR count). The SMILES string of the molecule is COc1ccc(C(C)NC(=O)c2nnn3c2c(=O)[nH]c2cc(C)ccc23)cc1OC. The summed E-state index contributed by atoms with van der Waals surface area (Å²) in [6, 6.07) is 10.6. The molecule has 2 aromatic carbocycles. The van der Waals surface area contributed by atoms with Crippen LogP contribution in [0, 0.1) is 6.92 Å². The highest BCUT2D eigenvalue weighted by molar-refractivity contribution is 5.99. The number of aromatic amines is 1. The van der Waals surface area contributed by atoms with Crippen molar-refractivity contribution in [1.82, 2.24) is 25.1 Å². The number of carbonyl (C=O) groups is 1. The molecule has 0 fully saturated rings. The summed E-state index contributed by atoms with van der Waals surface area (Å²) in [7, 11) is 3.11. The summed E-state index contributed by atoms with van der Waals surface area (Å²) in [5.41, 5.74) is 2.74. The zero-order valence-electron chi connectivity index (χ0n) is 17.0. The van der Waals surface area contributed by atoms with Crippen molar-refractivity contribution >= 4 is 22.5 Å². The fraction of sp³-hybridized carbons (Fsp3) is 0.238. The van der Waals surface area contributed by atoms with Crippen LogP contribution in [0.25, 0.3) is 16.6 Å². The highest BCUT2D eigenvalue weighted by Crippen LogP contribution is 2.30. The average Bonchev–Trinajstić information content (AvgIpc) is 3.19. The van der Waals surface area contributed by atoms with Gasteiger partial charge in [0.05, 0.1) is 31.3 Å². The van der Waals surface area contributed by atoms with E-state index in [0.717, 1.165) is 11.1 Å². The third-order valence-electron chi connectivity index (χ3n) is 4.98. The molecule has 4 aromatic rings. The quantitative estimate of drug-likeness (QED) is 0.526. The first-order valence-corrected chi connectivity index (χ1v) is 9.33. The van der Waals surface area contributed by atoms with Gasteiger partial charge in [-0.25, -0.2) is 4.52 Å². The maximum atomic E-state index is 12.9. The highest BCUT2D eigenvalue weighted by atomic mass is 16.5. The molecule has 0 spiro atoms. The van der Waals surface area contributed by atoms with Gasteiger partial charge in [0.15, 0.2) is 22.7 Å². The van der Waals surface area contributed by atoms with E-state index in [9.17, 15) is 9.59 Å². The molecule has 0 saturated heterocycles. The molecule has 0 bridgehead atoms. The number of nitrogens with zero attached hydrogens (tertiary/aromatic N) is 3. The molecule has 1 atom stereocenters. The number of carbonyl (C=O) groups excluding carboxylic acids is 1. The maximum absolute atomic E-state index is 12.9. The summed E-state index contributed by atoms with van der Waals surface area (Å²) in [4.78, 5) is 28.3. The molecule has 1 unspecified atom stereocenters. The first-order valence-electron chi connectivity index (χ1n) is 9.33. The minimum atomic E-state index is -0.496. The van der Waals surface area contributed by atoms with Crippen LogP contribution in [0.3, 0.4) is 0 Å². The number of aromatic nitrogens is 4. The van der Waals surface area contributed by atoms with Gasteiger partial charge >= 0.3 is 0 Å². The molecule has 9 heteroatoms. The van der Waals surface area contributed by atoms with Gasteiger partial charge in [-0.2, -0.15) is 0 Å². The van der Waals surface area contributed by atoms with Crippen LogP contribution in [0.5, 0.6) is 11.5 Å². The second-order valence-corrected chi connectivity index (χ2v) is 6.98. The Morgan fingerprint density at radius 3 is 2.63 bits per heavy atom. The molecular weight excluding hydrogens is 386 g/mol. The Balaban J connectivity index is 1.68. The van der Waals surface area contributed by atoms with Crippen LogP contribution in [-0.4, -0.2) is 39.9 Å². The molecule has 0 aliphatic carbocycles. The number of H-pyrrole nitrogens is 1. The largest absolute Gasteiger partial charge is 0.493 e. The van der Waals surface area contributed by atoms with E-state index >= 15 is 0 Å². The van der Waals surface area contributed by atoms with Gasteiger partial charge in [0, 0.05) is 0 Å². The van der Waals surface area contributed by atoms with Crippen LogP contribution in [-0.2, 0) is 0 Å². The van der Waals surface area contributed by atoms with Gasteiger partial charge in [0.1, 0.15) is 0 Å². The Hall–Kier alpha value is -3.88. The van der Waals surface area contributed by atoms with Crippen LogP contribution in [0.4, 0.5) is 0 Å². The molecule has 2 N–H and O–H groups in total. The van der Waals surface area contributed by atoms with Gasteiger partial charge in [-0.3, -0.25) is 9.59 Å². The first kappa shape index (κ1) is 19.4. The van der Waals surface area contributed by atoms with E-state index in [1.807, 2.05) is 38.1 Å². The van der Waals surface area contributed by atoms with E-state index in [1.165, 1.54) is 4.52 Å². The van der Waals surface area contributed by atoms with Crippen LogP contribution >= 0.6 is 0 Å². The number of aryl methyl sites for hydroxylation is 1. The second-order valence-electron chi connectivity index (χ2n) is 6.98. The Kier molecular flexibility index (Phi) is 4.86. The third-order valence-corrected chi connectivity index (χ3v) is 4.98. The predicted molar refractivity (Wildman–Crippen MR) is 111 cm³/mol. The molecule has 154 valence electrons. The topological polar surface area (TPSA) is 111 Å². The zero-order chi connectivity index (χ0) is 21.4. The molecule has 0 radical (unpaired) electrons. The summed E-state index contributed by atoms with van der Waals surface area (Å²) < 4.78 is 12.0. The minimum Gasteiger partial charge on any atom is -0.493 e. The standard InChI is InChI=1S/C21H21N5O4/c1-11-5-7-15-14(9-11)23-21(28)19-18(24-25-26(15)19)20(27)22-12(2)13-6-8-16(29-3)17(10-13)30-4/h5-10,12H,1-4H3,(H,22,27)(H,23,28). The van der Waals surface area contributed by atoms with Crippen LogP contribution < -0.4 is 20.3 Å². The normalized spacial score (nSPS) is 12.1. The number of hydrogen-bond acceptors (Lipinski definition) is 6. The highest BCUT2D eigenvalue weighted by Gasteiger charge is 2.22. The Morgan fingerprint density at radius 1 is 1.13 bits per heavy atom. The van der Waals surface area contributed by atoms with Crippen LogP contribution in [0.2, 0.25) is 0 Å². The summed E-state index contributed by atoms with van der Waals surface area (Å²) in [5, 5.41) is 10.9. The first-order chi connectivity index (χ1) is 14.4. The molecule has 0 aliphatic heterocycles. The van der Waals surface area contributed by atoms with E-state index in [4.69, 9.17) is 9.47 Å². The Bertz CT molecular complexity index is 1320. The number of methoxy groups -OCH3 is 2. The number of ether oxygens (including phenoxy) is 2. The van der Waals surface area contributed by atoms with Crippen molar-refractivity contribution in [3.05, 3.63) is 63.6 Å². The van der Waals surface area contributed by atoms with Crippen molar-refractivity contribution in [2.75, 3.05) is 14.2 Å². The van der Waals surface area contributed by atoms with Gasteiger partial charge in [-0.1, -0.05) is 17.3 Å². The van der Waals surface area contributed by atoms with E-state index in [0.29, 0.717) is 22.5 Å². The molecule has 2 heterocycles. The molecule has 9 nitrogen and oxygen atoms in total. The van der Waals surface area contributed by atoms with Gasteiger partial charge in [-0.05, 0) is 49.2 Å². The van der Waals surface area contributed by atoms with Crippen molar-refractivity contribution in [1.29, 1.82) is 0 Å². The van der Waals surface area contributed by atoms with Crippen molar-refractivity contribution in [3.8, 4) is 11.5 Å². The van der Waals surface area contributed by atoms with Crippen molar-refractivity contribution < 1.29 is 14.3 Å². The maximum Gasteiger partial charge on any atom is 0.277 e. The Morgan fingerprint density at radius 2 is 1.90 bits per heavy atom. The van der Waals surface area contributed by atoms with E-state index < -0.39 is 11.5 Å². The number of nitrogens with one attached hydrogen (secondary N) is 2. The summed E-state index contributed by atoms with van der Waals surface area (Å²) >= 11 is 0. The summed E-state index contributed by atoms with van der Waals surface area (Å²) in [6.45, 7) is 3.75. The second kappa shape index (κ2) is 7.51. The lowest BCUT2D eigenvalue weighted by atomic mass is 10.1. The molecule has 0 aliphatic rings. The van der Waals surface area contributed by atoms with Crippen molar-refractivity contribution in [3.63, 3.8) is 0 Å². The number of rotatable bonds is 5. The molecular formula is C21H21N5O4. The van der Waals surface area contributed by atoms with Gasteiger partial charge in [0.2, 0.25) is 0 Å². The van der Waals surface area contributed by atoms with E-state index in [-0.39, 0.29) is 17.3 Å². The van der Waals surface area contributed by atoms with Gasteiger partial charge in [-0.15, -0.1) is 5.10 Å². The monoisotopic (exact) mass is 407 g/mol. The summed E-state index contributed by atoms with van der Waals surface area (Å²) in [5.74, 6) is 0.658. The summed E-state index contributed by atoms with van der Waals surface area (Å²) in [6.07, 6.45) is 0. The molecule has 30 heavy (non-hydrogen) atoms. The smallest absolute Gasteiger partial charge is 0.277 e. The fourth-order valence-electron chi connectivity index (χ4n) is 3.39. The van der Waals surface area contributed by atoms with Gasteiger partial charge < -0.3 is 19.8 Å². The lowest BCUT2D eigenvalue weighted by molar-refractivity contribution is 0.0936. The lowest BCUT2D eigenvalue weighted by Gasteiger charge is -2.16. The van der Waals surface area contributed by atoms with Crippen LogP contribution in [0.15, 0.2) is 41.2 Å². The van der Waals surface area contributed by atoms with Crippen LogP contribution in [0.1, 0.15) is 34.6 Å². The third kappa shape index (κ3) is 3.24. The zero-order valence-corrected chi connectivity index (χ0v) is 17.0. The predicted octanol–water partition coefficient (Wildman–Crippen LogP) is 2.39. The fourth-order valence-corrected chi connectivity index (χ4v) is 3.39. The minimum absolute atomic E-state index is 0.0361. The molecule has 2 aromatic heterocycles. The lowest BCUT2D eigenvalue weighted by Crippen LogP contribution is -2.28. The number of hydrogen-bond donors (Lipinski definition) is 2. The van der Waals surface area contributed by atoms with Crippen molar-refractivity contribution in [2.24, 2.45) is 0 Å². The van der Waals surface area contributed by atoms with Crippen molar-refractivity contribution in [2.45, 2.75) is 19.9 Å². The van der Waals surface area contributed by atoms with E-state index in [1.54, 1.807) is 26.4 Å². The van der Waals surface area contributed by atoms with Gasteiger partial charge in [0.25, 0.3) is 11.5 Å². The number of amides is 1. The molecule has 1 amide bonds. The van der Waals surface area contributed by atoms with E-state index in [2.05, 4.69) is 20.6 Å². The number of fused-ring (bicyclic) bond motifs is 3. The molecule has 0 saturated carbocycles. The Labute approximate surface area is 171 Å².